The first-order chi connectivity index (χ1) is 6.69. The second-order valence-corrected chi connectivity index (χ2v) is 4.18. The number of hydrogen-bond acceptors (Lipinski definition) is 0. The van der Waals surface area contributed by atoms with Crippen molar-refractivity contribution < 1.29 is 0 Å². The van der Waals surface area contributed by atoms with Crippen molar-refractivity contribution in [1.29, 1.82) is 0 Å². The number of rotatable bonds is 6. The molecule has 0 radical (unpaired) electrons. The second kappa shape index (κ2) is 13.0. The molecule has 0 atom stereocenters. The van der Waals surface area contributed by atoms with Gasteiger partial charge >= 0.3 is 0 Å². The summed E-state index contributed by atoms with van der Waals surface area (Å²) in [5.74, 6) is 1.97. The van der Waals surface area contributed by atoms with Gasteiger partial charge in [0.2, 0.25) is 0 Å². The van der Waals surface area contributed by atoms with Crippen LogP contribution in [0.4, 0.5) is 0 Å². The fourth-order valence-electron chi connectivity index (χ4n) is 1.73. The van der Waals surface area contributed by atoms with Gasteiger partial charge in [0.1, 0.15) is 0 Å². The zero-order valence-corrected chi connectivity index (χ0v) is 11.4. The SMILES string of the molecule is CCC(CC)CC.CCC(CC)CC. The van der Waals surface area contributed by atoms with Gasteiger partial charge in [-0.15, -0.1) is 0 Å². The van der Waals surface area contributed by atoms with Crippen LogP contribution in [-0.4, -0.2) is 0 Å². The molecule has 0 bridgehead atoms. The van der Waals surface area contributed by atoms with E-state index in [1.165, 1.54) is 38.5 Å². The van der Waals surface area contributed by atoms with Crippen LogP contribution in [0.3, 0.4) is 0 Å². The molecule has 0 heterocycles. The monoisotopic (exact) mass is 200 g/mol. The standard InChI is InChI=1S/2C7H16/c2*1-4-7(5-2)6-3/h2*7H,4-6H2,1-3H3. The highest BCUT2D eigenvalue weighted by Gasteiger charge is 1.96. The summed E-state index contributed by atoms with van der Waals surface area (Å²) in [6, 6.07) is 0. The molecule has 0 spiro atoms. The third kappa shape index (κ3) is 10.1. The molecule has 0 rings (SSSR count). The van der Waals surface area contributed by atoms with Crippen molar-refractivity contribution in [3.63, 3.8) is 0 Å². The predicted octanol–water partition coefficient (Wildman–Crippen LogP) is 5.67. The second-order valence-electron chi connectivity index (χ2n) is 4.18. The van der Waals surface area contributed by atoms with E-state index in [-0.39, 0.29) is 0 Å². The van der Waals surface area contributed by atoms with Crippen LogP contribution in [0.1, 0.15) is 80.1 Å². The van der Waals surface area contributed by atoms with E-state index in [2.05, 4.69) is 41.5 Å². The lowest BCUT2D eigenvalue weighted by molar-refractivity contribution is 0.477. The molecule has 0 aromatic rings. The molecule has 0 fully saturated rings. The fourth-order valence-corrected chi connectivity index (χ4v) is 1.73. The lowest BCUT2D eigenvalue weighted by Gasteiger charge is -2.05. The molecule has 0 nitrogen and oxygen atoms in total. The lowest BCUT2D eigenvalue weighted by Crippen LogP contribution is -1.91. The minimum Gasteiger partial charge on any atom is -0.0651 e. The van der Waals surface area contributed by atoms with Crippen LogP contribution >= 0.6 is 0 Å². The van der Waals surface area contributed by atoms with E-state index in [0.717, 1.165) is 11.8 Å². The van der Waals surface area contributed by atoms with Crippen molar-refractivity contribution in [2.75, 3.05) is 0 Å². The summed E-state index contributed by atoms with van der Waals surface area (Å²) in [6.45, 7) is 13.6. The van der Waals surface area contributed by atoms with Gasteiger partial charge in [-0.2, -0.15) is 0 Å². The van der Waals surface area contributed by atoms with Gasteiger partial charge in [-0.25, -0.2) is 0 Å². The molecule has 14 heavy (non-hydrogen) atoms. The zero-order chi connectivity index (χ0) is 11.4. The summed E-state index contributed by atoms with van der Waals surface area (Å²) in [5, 5.41) is 0. The third-order valence-corrected chi connectivity index (χ3v) is 3.46. The van der Waals surface area contributed by atoms with Crippen molar-refractivity contribution in [2.24, 2.45) is 11.8 Å². The molecule has 0 saturated carbocycles. The highest BCUT2D eigenvalue weighted by Crippen LogP contribution is 2.10. The van der Waals surface area contributed by atoms with Crippen LogP contribution in [0.5, 0.6) is 0 Å². The molecule has 0 N–H and O–H groups in total. The Balaban J connectivity index is 0. The summed E-state index contributed by atoms with van der Waals surface area (Å²) >= 11 is 0. The third-order valence-electron chi connectivity index (χ3n) is 3.46. The molecule has 0 heteroatoms. The van der Waals surface area contributed by atoms with E-state index in [4.69, 9.17) is 0 Å². The smallest absolute Gasteiger partial charge is 0.0422 e. The molecule has 0 aliphatic rings. The normalized spacial score (nSPS) is 10.3. The molecular formula is C14H32. The van der Waals surface area contributed by atoms with Crippen molar-refractivity contribution >= 4 is 0 Å². The van der Waals surface area contributed by atoms with E-state index in [0.29, 0.717) is 0 Å². The molecular weight excluding hydrogens is 168 g/mol. The summed E-state index contributed by atoms with van der Waals surface area (Å²) in [6.07, 6.45) is 8.12. The first-order valence-electron chi connectivity index (χ1n) is 6.69. The van der Waals surface area contributed by atoms with E-state index in [1.54, 1.807) is 0 Å². The van der Waals surface area contributed by atoms with E-state index in [1.807, 2.05) is 0 Å². The Morgan fingerprint density at radius 3 is 0.571 bits per heavy atom. The lowest BCUT2D eigenvalue weighted by atomic mass is 10.0. The molecule has 0 aliphatic heterocycles. The Morgan fingerprint density at radius 2 is 0.571 bits per heavy atom. The molecule has 0 saturated heterocycles. The Kier molecular flexibility index (Phi) is 15.3. The topological polar surface area (TPSA) is 0 Å². The van der Waals surface area contributed by atoms with Crippen LogP contribution in [0.25, 0.3) is 0 Å². The first kappa shape index (κ1) is 16.4. The van der Waals surface area contributed by atoms with Gasteiger partial charge in [0, 0.05) is 0 Å². The van der Waals surface area contributed by atoms with Gasteiger partial charge in [-0.05, 0) is 11.8 Å². The Bertz CT molecular complexity index is 55.0. The van der Waals surface area contributed by atoms with Crippen LogP contribution in [0, 0.1) is 11.8 Å². The highest BCUT2D eigenvalue weighted by atomic mass is 14.0. The minimum absolute atomic E-state index is 0.986. The largest absolute Gasteiger partial charge is 0.0651 e. The maximum atomic E-state index is 2.26. The summed E-state index contributed by atoms with van der Waals surface area (Å²) in [5.41, 5.74) is 0. The van der Waals surface area contributed by atoms with Crippen LogP contribution in [0.2, 0.25) is 0 Å². The Hall–Kier alpha value is 0. The quantitative estimate of drug-likeness (QED) is 0.518. The van der Waals surface area contributed by atoms with E-state index >= 15 is 0 Å². The van der Waals surface area contributed by atoms with Crippen molar-refractivity contribution in [2.45, 2.75) is 80.1 Å². The van der Waals surface area contributed by atoms with Gasteiger partial charge in [-0.3, -0.25) is 0 Å². The molecule has 0 aliphatic carbocycles. The van der Waals surface area contributed by atoms with Gasteiger partial charge < -0.3 is 0 Å². The van der Waals surface area contributed by atoms with Crippen molar-refractivity contribution in [1.82, 2.24) is 0 Å². The van der Waals surface area contributed by atoms with Crippen LogP contribution in [-0.2, 0) is 0 Å². The van der Waals surface area contributed by atoms with Crippen LogP contribution in [0.15, 0.2) is 0 Å². The maximum Gasteiger partial charge on any atom is -0.0422 e. The average Bonchev–Trinajstić information content (AvgIpc) is 2.24. The summed E-state index contributed by atoms with van der Waals surface area (Å²) in [4.78, 5) is 0. The molecule has 0 aromatic heterocycles. The number of hydrogen-bond donors (Lipinski definition) is 0. The molecule has 0 unspecified atom stereocenters. The maximum absolute atomic E-state index is 2.26. The molecule has 0 aromatic carbocycles. The highest BCUT2D eigenvalue weighted by molar-refractivity contribution is 4.49. The minimum atomic E-state index is 0.986. The Labute approximate surface area is 92.5 Å². The predicted molar refractivity (Wildman–Crippen MR) is 68.7 cm³/mol. The van der Waals surface area contributed by atoms with Crippen molar-refractivity contribution in [3.8, 4) is 0 Å². The summed E-state index contributed by atoms with van der Waals surface area (Å²) < 4.78 is 0. The molecule has 0 amide bonds. The van der Waals surface area contributed by atoms with Crippen molar-refractivity contribution in [3.05, 3.63) is 0 Å². The van der Waals surface area contributed by atoms with Gasteiger partial charge in [0.05, 0.1) is 0 Å². The average molecular weight is 200 g/mol. The van der Waals surface area contributed by atoms with E-state index < -0.39 is 0 Å². The first-order valence-corrected chi connectivity index (χ1v) is 6.69. The molecule has 88 valence electrons. The summed E-state index contributed by atoms with van der Waals surface area (Å²) in [7, 11) is 0. The van der Waals surface area contributed by atoms with E-state index in [9.17, 15) is 0 Å². The Morgan fingerprint density at radius 1 is 0.429 bits per heavy atom. The van der Waals surface area contributed by atoms with Gasteiger partial charge in [0.25, 0.3) is 0 Å². The van der Waals surface area contributed by atoms with Gasteiger partial charge in [-0.1, -0.05) is 80.1 Å². The zero-order valence-electron chi connectivity index (χ0n) is 11.4. The van der Waals surface area contributed by atoms with Crippen LogP contribution < -0.4 is 0 Å². The van der Waals surface area contributed by atoms with Gasteiger partial charge in [0.15, 0.2) is 0 Å². The fraction of sp³-hybridized carbons (Fsp3) is 1.00.